The highest BCUT2D eigenvalue weighted by Gasteiger charge is 2.00. The number of rotatable bonds is 5. The molecule has 2 rings (SSSR count). The molecule has 26 heavy (non-hydrogen) atoms. The molecule has 0 saturated carbocycles. The van der Waals surface area contributed by atoms with Crippen molar-refractivity contribution in [2.45, 2.75) is 6.92 Å². The number of nitrogens with one attached hydrogen (secondary N) is 3. The van der Waals surface area contributed by atoms with Crippen molar-refractivity contribution in [3.8, 4) is 17.6 Å². The Hall–Kier alpha value is -3.53. The maximum absolute atomic E-state index is 12.8. The minimum atomic E-state index is -0.435. The Morgan fingerprint density at radius 3 is 2.54 bits per heavy atom. The van der Waals surface area contributed by atoms with Crippen molar-refractivity contribution in [2.75, 3.05) is 23.8 Å². The van der Waals surface area contributed by atoms with E-state index in [1.165, 1.54) is 31.2 Å². The van der Waals surface area contributed by atoms with Crippen LogP contribution in [-0.2, 0) is 4.79 Å². The van der Waals surface area contributed by atoms with Gasteiger partial charge < -0.3 is 20.7 Å². The highest BCUT2D eigenvalue weighted by Crippen LogP contribution is 2.16. The van der Waals surface area contributed by atoms with E-state index in [9.17, 15) is 14.0 Å². The van der Waals surface area contributed by atoms with Gasteiger partial charge in [-0.1, -0.05) is 17.9 Å². The molecular weight excluding hydrogens is 337 g/mol. The van der Waals surface area contributed by atoms with E-state index in [4.69, 9.17) is 4.74 Å². The maximum Gasteiger partial charge on any atom is 0.319 e. The van der Waals surface area contributed by atoms with Crippen LogP contribution in [0, 0.1) is 17.7 Å². The van der Waals surface area contributed by atoms with Gasteiger partial charge in [0.05, 0.1) is 6.54 Å². The fraction of sp³-hybridized carbons (Fsp3) is 0.158. The van der Waals surface area contributed by atoms with Gasteiger partial charge in [-0.25, -0.2) is 9.18 Å². The summed E-state index contributed by atoms with van der Waals surface area (Å²) in [4.78, 5) is 22.6. The Morgan fingerprint density at radius 1 is 1.04 bits per heavy atom. The molecule has 0 radical (unpaired) electrons. The Bertz CT molecular complexity index is 826. The van der Waals surface area contributed by atoms with Crippen molar-refractivity contribution in [1.82, 2.24) is 5.32 Å². The van der Waals surface area contributed by atoms with Crippen molar-refractivity contribution in [3.63, 3.8) is 0 Å². The first kappa shape index (κ1) is 18.8. The topological polar surface area (TPSA) is 79.5 Å². The van der Waals surface area contributed by atoms with Crippen LogP contribution in [0.4, 0.5) is 20.6 Å². The summed E-state index contributed by atoms with van der Waals surface area (Å²) in [5, 5.41) is 7.77. The summed E-state index contributed by atoms with van der Waals surface area (Å²) in [5.41, 5.74) is 1.13. The van der Waals surface area contributed by atoms with Gasteiger partial charge in [-0.05, 0) is 36.4 Å². The summed E-state index contributed by atoms with van der Waals surface area (Å²) >= 11 is 0. The number of amides is 3. The van der Waals surface area contributed by atoms with Crippen LogP contribution in [-0.4, -0.2) is 25.1 Å². The lowest BCUT2D eigenvalue weighted by molar-refractivity contribution is -0.114. The zero-order valence-corrected chi connectivity index (χ0v) is 14.1. The molecule has 0 spiro atoms. The summed E-state index contributed by atoms with van der Waals surface area (Å²) in [6, 6.07) is 12.0. The first-order chi connectivity index (χ1) is 12.5. The highest BCUT2D eigenvalue weighted by molar-refractivity contribution is 5.89. The molecule has 0 unspecified atom stereocenters. The number of carbonyl (C=O) groups is 2. The molecule has 134 valence electrons. The van der Waals surface area contributed by atoms with Gasteiger partial charge in [0.1, 0.15) is 18.2 Å². The van der Waals surface area contributed by atoms with Gasteiger partial charge >= 0.3 is 6.03 Å². The zero-order valence-electron chi connectivity index (χ0n) is 14.1. The number of ether oxygens (including phenoxy) is 1. The molecule has 7 heteroatoms. The van der Waals surface area contributed by atoms with Gasteiger partial charge in [-0.15, -0.1) is 0 Å². The van der Waals surface area contributed by atoms with Gasteiger partial charge in [-0.2, -0.15) is 0 Å². The molecule has 0 bridgehead atoms. The van der Waals surface area contributed by atoms with Gasteiger partial charge in [0.25, 0.3) is 0 Å². The molecule has 0 saturated heterocycles. The average molecular weight is 355 g/mol. The lowest BCUT2D eigenvalue weighted by Crippen LogP contribution is -2.28. The second kappa shape index (κ2) is 9.69. The number of hydrogen-bond acceptors (Lipinski definition) is 3. The molecule has 0 atom stereocenters. The Morgan fingerprint density at radius 2 is 1.81 bits per heavy atom. The van der Waals surface area contributed by atoms with E-state index >= 15 is 0 Å². The average Bonchev–Trinajstić information content (AvgIpc) is 2.60. The van der Waals surface area contributed by atoms with E-state index in [1.54, 1.807) is 24.3 Å². The Balaban J connectivity index is 1.69. The molecule has 0 aliphatic rings. The largest absolute Gasteiger partial charge is 0.481 e. The third kappa shape index (κ3) is 6.93. The van der Waals surface area contributed by atoms with Crippen LogP contribution in [0.1, 0.15) is 6.92 Å². The maximum atomic E-state index is 12.8. The van der Waals surface area contributed by atoms with E-state index in [2.05, 4.69) is 27.8 Å². The second-order valence-electron chi connectivity index (χ2n) is 5.17. The molecule has 0 aliphatic heterocycles. The number of benzene rings is 2. The third-order valence-corrected chi connectivity index (χ3v) is 3.03. The van der Waals surface area contributed by atoms with Crippen molar-refractivity contribution in [2.24, 2.45) is 0 Å². The summed E-state index contributed by atoms with van der Waals surface area (Å²) in [6.07, 6.45) is 0. The minimum Gasteiger partial charge on any atom is -0.481 e. The normalized spacial score (nSPS) is 9.46. The van der Waals surface area contributed by atoms with E-state index < -0.39 is 6.03 Å². The fourth-order valence-electron chi connectivity index (χ4n) is 1.93. The molecule has 3 amide bonds. The second-order valence-corrected chi connectivity index (χ2v) is 5.17. The molecule has 0 aromatic heterocycles. The van der Waals surface area contributed by atoms with Crippen LogP contribution < -0.4 is 20.7 Å². The molecule has 3 N–H and O–H groups in total. The zero-order chi connectivity index (χ0) is 18.8. The molecule has 2 aromatic rings. The van der Waals surface area contributed by atoms with Crippen LogP contribution in [0.2, 0.25) is 0 Å². The van der Waals surface area contributed by atoms with Gasteiger partial charge in [-0.3, -0.25) is 4.79 Å². The number of halogens is 1. The number of anilines is 2. The molecule has 0 heterocycles. The summed E-state index contributed by atoms with van der Waals surface area (Å²) in [5.74, 6) is 5.57. The van der Waals surface area contributed by atoms with Crippen LogP contribution in [0.5, 0.6) is 5.75 Å². The Labute approximate surface area is 150 Å². The highest BCUT2D eigenvalue weighted by atomic mass is 19.1. The Kier molecular flexibility index (Phi) is 7.01. The van der Waals surface area contributed by atoms with E-state index in [-0.39, 0.29) is 24.9 Å². The molecule has 0 aliphatic carbocycles. The SMILES string of the molecule is CC(=O)Nc1cccc(OCC#CCNC(=O)Nc2ccc(F)cc2)c1. The lowest BCUT2D eigenvalue weighted by Gasteiger charge is -2.06. The quantitative estimate of drug-likeness (QED) is 0.722. The summed E-state index contributed by atoms with van der Waals surface area (Å²) < 4.78 is 18.2. The van der Waals surface area contributed by atoms with Crippen molar-refractivity contribution in [1.29, 1.82) is 0 Å². The third-order valence-electron chi connectivity index (χ3n) is 3.03. The van der Waals surface area contributed by atoms with Crippen LogP contribution in [0.25, 0.3) is 0 Å². The summed E-state index contributed by atoms with van der Waals surface area (Å²) in [6.45, 7) is 1.71. The molecule has 2 aromatic carbocycles. The van der Waals surface area contributed by atoms with Crippen molar-refractivity contribution >= 4 is 23.3 Å². The monoisotopic (exact) mass is 355 g/mol. The lowest BCUT2D eigenvalue weighted by atomic mass is 10.3. The van der Waals surface area contributed by atoms with E-state index in [0.29, 0.717) is 17.1 Å². The van der Waals surface area contributed by atoms with Crippen LogP contribution >= 0.6 is 0 Å². The number of carbonyl (C=O) groups excluding carboxylic acids is 2. The smallest absolute Gasteiger partial charge is 0.319 e. The molecule has 0 fully saturated rings. The number of hydrogen-bond donors (Lipinski definition) is 3. The molecular formula is C19H18FN3O3. The van der Waals surface area contributed by atoms with Crippen LogP contribution in [0.3, 0.4) is 0 Å². The standard InChI is InChI=1S/C19H18FN3O3/c1-14(24)22-17-5-4-6-18(13-17)26-12-3-2-11-21-19(25)23-16-9-7-15(20)8-10-16/h4-10,13H,11-12H2,1H3,(H,22,24)(H2,21,23,25). The predicted molar refractivity (Wildman–Crippen MR) is 97.4 cm³/mol. The van der Waals surface area contributed by atoms with Crippen molar-refractivity contribution < 1.29 is 18.7 Å². The predicted octanol–water partition coefficient (Wildman–Crippen LogP) is 2.99. The fourth-order valence-corrected chi connectivity index (χ4v) is 1.93. The van der Waals surface area contributed by atoms with Crippen molar-refractivity contribution in [3.05, 3.63) is 54.3 Å². The summed E-state index contributed by atoms with van der Waals surface area (Å²) in [7, 11) is 0. The molecule has 6 nitrogen and oxygen atoms in total. The first-order valence-electron chi connectivity index (χ1n) is 7.79. The van der Waals surface area contributed by atoms with Gasteiger partial charge in [0.2, 0.25) is 5.91 Å². The minimum absolute atomic E-state index is 0.141. The van der Waals surface area contributed by atoms with Crippen LogP contribution in [0.15, 0.2) is 48.5 Å². The van der Waals surface area contributed by atoms with Gasteiger partial charge in [0, 0.05) is 24.4 Å². The first-order valence-corrected chi connectivity index (χ1v) is 7.79. The van der Waals surface area contributed by atoms with E-state index in [0.717, 1.165) is 0 Å². The van der Waals surface area contributed by atoms with Gasteiger partial charge in [0.15, 0.2) is 0 Å². The van der Waals surface area contributed by atoms with E-state index in [1.807, 2.05) is 0 Å². The number of urea groups is 1.